The number of piperazine rings is 1. The van der Waals surface area contributed by atoms with Crippen molar-refractivity contribution in [1.82, 2.24) is 25.3 Å². The van der Waals surface area contributed by atoms with Crippen molar-refractivity contribution in [2.75, 3.05) is 40.3 Å². The number of phenolic OH excluding ortho intramolecular Hbond substituents is 1. The number of hydrogen-bond donors (Lipinski definition) is 3. The predicted molar refractivity (Wildman–Crippen MR) is 164 cm³/mol. The normalized spacial score (nSPS) is 29.4. The molecule has 3 aromatic carbocycles. The molecule has 0 spiro atoms. The van der Waals surface area contributed by atoms with Crippen LogP contribution in [0.3, 0.4) is 0 Å². The number of alkyl halides is 1. The zero-order valence-electron chi connectivity index (χ0n) is 24.9. The predicted octanol–water partition coefficient (Wildman–Crippen LogP) is 1.44. The van der Waals surface area contributed by atoms with Gasteiger partial charge in [-0.25, -0.2) is 9.89 Å². The monoisotopic (exact) mass is 593 g/mol. The van der Waals surface area contributed by atoms with Crippen molar-refractivity contribution in [3.05, 3.63) is 64.7 Å². The first-order chi connectivity index (χ1) is 21.2. The van der Waals surface area contributed by atoms with Crippen molar-refractivity contribution in [1.29, 1.82) is 5.26 Å². The first-order valence-corrected chi connectivity index (χ1v) is 15.5. The minimum absolute atomic E-state index is 0.122. The lowest BCUT2D eigenvalue weighted by atomic mass is 9.77. The first kappa shape index (κ1) is 27.5. The highest BCUT2D eigenvalue weighted by Gasteiger charge is 2.59. The molecular formula is C34H36FN7O2. The smallest absolute Gasteiger partial charge is 0.284 e. The molecule has 2 bridgehead atoms. The van der Waals surface area contributed by atoms with Crippen LogP contribution in [0, 0.1) is 17.2 Å². The number of aryl methyl sites for hydroxylation is 1. The van der Waals surface area contributed by atoms with Crippen molar-refractivity contribution in [2.45, 2.75) is 49.3 Å². The van der Waals surface area contributed by atoms with Gasteiger partial charge in [-0.2, -0.15) is 9.65 Å². The van der Waals surface area contributed by atoms with Gasteiger partial charge in [0.1, 0.15) is 11.8 Å². The van der Waals surface area contributed by atoms with E-state index in [4.69, 9.17) is 4.99 Å². The van der Waals surface area contributed by atoms with Crippen LogP contribution in [0.25, 0.3) is 27.6 Å². The van der Waals surface area contributed by atoms with Gasteiger partial charge in [-0.1, -0.05) is 24.3 Å². The van der Waals surface area contributed by atoms with Crippen molar-refractivity contribution in [2.24, 2.45) is 10.9 Å². The summed E-state index contributed by atoms with van der Waals surface area (Å²) < 4.78 is 17.7. The van der Waals surface area contributed by atoms with Gasteiger partial charge in [-0.15, -0.1) is 0 Å². The number of carbonyl (C=O) groups excluding carboxylic acids is 1. The van der Waals surface area contributed by atoms with Crippen LogP contribution in [0.2, 0.25) is 0 Å². The summed E-state index contributed by atoms with van der Waals surface area (Å²) in [6.07, 6.45) is 1.86. The molecule has 5 aliphatic heterocycles. The molecule has 1 amide bonds. The standard InChI is InChI=1S/C34H36FN7O2/c1-40(2)22-16-41(17-22)34(35)33-32(42(18-30(44)38-33)31-21-12-29(31)37-15-21)27-11-20(7-5-9-36)25(14-28(27)39-34)26-13-23(43)10-19-6-3-4-8-24(19)26/h3-4,6,8,10-11,13-14,21-22,29,31,33,37,43H,5,7,12,15-18H2,1-2H3,(H,38,44). The molecule has 1 aliphatic carbocycles. The van der Waals surface area contributed by atoms with Crippen molar-refractivity contribution in [3.8, 4) is 22.9 Å². The minimum Gasteiger partial charge on any atom is -0.508 e. The number of halogens is 1. The highest BCUT2D eigenvalue weighted by Crippen LogP contribution is 2.44. The van der Waals surface area contributed by atoms with E-state index in [2.05, 4.69) is 32.6 Å². The number of rotatable bonds is 6. The van der Waals surface area contributed by atoms with Crippen molar-refractivity contribution in [3.63, 3.8) is 0 Å². The van der Waals surface area contributed by atoms with Crippen LogP contribution >= 0.6 is 0 Å². The Balaban J connectivity index is 1.39. The van der Waals surface area contributed by atoms with Crippen molar-refractivity contribution < 1.29 is 14.3 Å². The molecule has 5 atom stereocenters. The SMILES string of the molecule is CN(C)C1CN(C2(F)N=c3cc(-c4cc(O)cc5ccccc45)c(CCC#N)cc3=C3C2NC(=O)CN3C2C3CNC2C3)C1. The number of nitrogens with one attached hydrogen (secondary N) is 2. The molecule has 5 unspecified atom stereocenters. The summed E-state index contributed by atoms with van der Waals surface area (Å²) >= 11 is 0. The summed E-state index contributed by atoms with van der Waals surface area (Å²) in [5, 5.41) is 30.0. The molecule has 5 fully saturated rings. The number of likely N-dealkylation sites (tertiary alicyclic amines) is 1. The van der Waals surface area contributed by atoms with Crippen LogP contribution in [0.15, 0.2) is 53.5 Å². The molecule has 0 aromatic heterocycles. The zero-order valence-corrected chi connectivity index (χ0v) is 24.9. The molecule has 3 N–H and O–H groups in total. The second kappa shape index (κ2) is 9.99. The van der Waals surface area contributed by atoms with Gasteiger partial charge >= 0.3 is 0 Å². The molecule has 226 valence electrons. The van der Waals surface area contributed by atoms with Gasteiger partial charge in [0, 0.05) is 49.4 Å². The number of aromatic hydroxyl groups is 1. The third kappa shape index (κ3) is 4.06. The summed E-state index contributed by atoms with van der Waals surface area (Å²) in [5.41, 5.74) is 3.34. The second-order valence-electron chi connectivity index (χ2n) is 13.2. The van der Waals surface area contributed by atoms with E-state index < -0.39 is 12.0 Å². The Morgan fingerprint density at radius 2 is 2.00 bits per heavy atom. The summed E-state index contributed by atoms with van der Waals surface area (Å²) in [6.45, 7) is 2.08. The van der Waals surface area contributed by atoms with Gasteiger partial charge in [0.25, 0.3) is 5.92 Å². The van der Waals surface area contributed by atoms with E-state index >= 15 is 4.39 Å². The van der Waals surface area contributed by atoms with Gasteiger partial charge in [-0.05, 0) is 84.6 Å². The number of phenols is 1. The maximum Gasteiger partial charge on any atom is 0.284 e. The Kier molecular flexibility index (Phi) is 6.25. The van der Waals surface area contributed by atoms with Crippen molar-refractivity contribution >= 4 is 22.4 Å². The molecule has 5 heterocycles. The van der Waals surface area contributed by atoms with E-state index in [1.807, 2.05) is 44.4 Å². The van der Waals surface area contributed by atoms with E-state index in [0.29, 0.717) is 37.2 Å². The number of fused-ring (bicyclic) bond motifs is 4. The Morgan fingerprint density at radius 3 is 2.73 bits per heavy atom. The lowest BCUT2D eigenvalue weighted by Gasteiger charge is -2.55. The summed E-state index contributed by atoms with van der Waals surface area (Å²) in [5.74, 6) is -1.80. The fourth-order valence-electron chi connectivity index (χ4n) is 8.06. The number of likely N-dealkylation sites (N-methyl/N-ethyl adjacent to an activating group) is 1. The van der Waals surface area contributed by atoms with Gasteiger partial charge in [0.05, 0.1) is 23.7 Å². The van der Waals surface area contributed by atoms with Gasteiger partial charge in [0.15, 0.2) is 0 Å². The molecule has 6 aliphatic rings. The third-order valence-corrected chi connectivity index (χ3v) is 10.5. The number of benzene rings is 3. The largest absolute Gasteiger partial charge is 0.508 e. The van der Waals surface area contributed by atoms with Crippen LogP contribution in [-0.4, -0.2) is 96.1 Å². The van der Waals surface area contributed by atoms with Crippen LogP contribution in [0.4, 0.5) is 4.39 Å². The maximum absolute atomic E-state index is 17.7. The number of hydrogen-bond acceptors (Lipinski definition) is 8. The Labute approximate surface area is 255 Å². The summed E-state index contributed by atoms with van der Waals surface area (Å²) in [7, 11) is 3.99. The van der Waals surface area contributed by atoms with Gasteiger partial charge < -0.3 is 25.5 Å². The third-order valence-electron chi connectivity index (χ3n) is 10.5. The highest BCUT2D eigenvalue weighted by atomic mass is 19.2. The second-order valence-corrected chi connectivity index (χ2v) is 13.2. The zero-order chi connectivity index (χ0) is 30.3. The molecule has 10 heteroatoms. The van der Waals surface area contributed by atoms with Crippen LogP contribution in [0.5, 0.6) is 5.75 Å². The Bertz CT molecular complexity index is 1850. The molecule has 1 saturated carbocycles. The van der Waals surface area contributed by atoms with E-state index in [-0.39, 0.29) is 36.3 Å². The molecule has 44 heavy (non-hydrogen) atoms. The topological polar surface area (TPSA) is 107 Å². The van der Waals surface area contributed by atoms with Gasteiger partial charge in [-0.3, -0.25) is 4.79 Å². The van der Waals surface area contributed by atoms with Crippen LogP contribution in [0.1, 0.15) is 18.4 Å². The molecule has 9 rings (SSSR count). The molecule has 3 aromatic rings. The number of amides is 1. The molecule has 9 nitrogen and oxygen atoms in total. The first-order valence-electron chi connectivity index (χ1n) is 15.5. The van der Waals surface area contributed by atoms with E-state index in [1.54, 1.807) is 17.0 Å². The molecule has 0 radical (unpaired) electrons. The highest BCUT2D eigenvalue weighted by molar-refractivity contribution is 5.98. The summed E-state index contributed by atoms with van der Waals surface area (Å²) in [6, 6.07) is 17.3. The fraction of sp³-hybridized carbons (Fsp3) is 0.441. The van der Waals surface area contributed by atoms with E-state index in [1.165, 1.54) is 0 Å². The fourth-order valence-corrected chi connectivity index (χ4v) is 8.06. The number of carbonyl (C=O) groups is 1. The summed E-state index contributed by atoms with van der Waals surface area (Å²) in [4.78, 5) is 24.1. The van der Waals surface area contributed by atoms with Crippen LogP contribution in [-0.2, 0) is 11.2 Å². The quantitative estimate of drug-likeness (QED) is 0.372. The lowest BCUT2D eigenvalue weighted by molar-refractivity contribution is -0.140. The van der Waals surface area contributed by atoms with E-state index in [0.717, 1.165) is 51.3 Å². The average Bonchev–Trinajstić information content (AvgIpc) is 3.61. The number of nitriles is 1. The number of nitrogens with zero attached hydrogens (tertiary/aromatic N) is 5. The molecular weight excluding hydrogens is 557 g/mol. The Hall–Kier alpha value is -4.04. The van der Waals surface area contributed by atoms with E-state index in [9.17, 15) is 15.2 Å². The van der Waals surface area contributed by atoms with Gasteiger partial charge in [0.2, 0.25) is 5.91 Å². The Morgan fingerprint density at radius 1 is 1.18 bits per heavy atom. The minimum atomic E-state index is -2.16. The average molecular weight is 594 g/mol. The molecule has 4 saturated heterocycles. The van der Waals surface area contributed by atoms with Crippen LogP contribution < -0.4 is 21.2 Å². The lowest BCUT2D eigenvalue weighted by Crippen LogP contribution is -2.75. The maximum atomic E-state index is 17.7.